The molecule has 1 rings (SSSR count). The van der Waals surface area contributed by atoms with Crippen LogP contribution in [0.5, 0.6) is 0 Å². The van der Waals surface area contributed by atoms with Crippen LogP contribution in [0, 0.1) is 17.8 Å². The van der Waals surface area contributed by atoms with Crippen LogP contribution in [0.3, 0.4) is 0 Å². The Morgan fingerprint density at radius 3 is 2.11 bits per heavy atom. The largest absolute Gasteiger partial charge is 0.0793 e. The van der Waals surface area contributed by atoms with Crippen molar-refractivity contribution in [2.75, 3.05) is 0 Å². The van der Waals surface area contributed by atoms with E-state index < -0.39 is 0 Å². The van der Waals surface area contributed by atoms with Crippen LogP contribution in [0.1, 0.15) is 27.7 Å². The van der Waals surface area contributed by atoms with Crippen LogP contribution in [0.25, 0.3) is 0 Å². The summed E-state index contributed by atoms with van der Waals surface area (Å²) in [4.78, 5) is 0. The first-order valence-electron chi connectivity index (χ1n) is 3.57. The van der Waals surface area contributed by atoms with Gasteiger partial charge in [0.2, 0.25) is 0 Å². The maximum Gasteiger partial charge on any atom is -0.0135 e. The van der Waals surface area contributed by atoms with Gasteiger partial charge in [-0.3, -0.25) is 0 Å². The molecule has 0 heterocycles. The topological polar surface area (TPSA) is 0 Å². The Morgan fingerprint density at radius 2 is 2.00 bits per heavy atom. The minimum absolute atomic E-state index is 0.351. The van der Waals surface area contributed by atoms with Gasteiger partial charge in [0.15, 0.2) is 0 Å². The quantitative estimate of drug-likeness (QED) is 0.434. The molecule has 0 fully saturated rings. The van der Waals surface area contributed by atoms with Gasteiger partial charge >= 0.3 is 0 Å². The van der Waals surface area contributed by atoms with Crippen LogP contribution < -0.4 is 0 Å². The van der Waals surface area contributed by atoms with E-state index >= 15 is 0 Å². The van der Waals surface area contributed by atoms with Crippen LogP contribution >= 0.6 is 0 Å². The van der Waals surface area contributed by atoms with E-state index in [1.807, 2.05) is 0 Å². The highest BCUT2D eigenvalue weighted by Crippen LogP contribution is 2.37. The van der Waals surface area contributed by atoms with Crippen molar-refractivity contribution in [1.29, 1.82) is 0 Å². The van der Waals surface area contributed by atoms with Crippen LogP contribution in [0.15, 0.2) is 11.6 Å². The highest BCUT2D eigenvalue weighted by molar-refractivity contribution is 5.23. The molecule has 0 aromatic heterocycles. The molecular weight excluding hydrogens is 108 g/mol. The molecule has 0 bridgehead atoms. The smallest absolute Gasteiger partial charge is 0.0135 e. The molecule has 0 aromatic rings. The van der Waals surface area contributed by atoms with Gasteiger partial charge in [-0.2, -0.15) is 0 Å². The summed E-state index contributed by atoms with van der Waals surface area (Å²) >= 11 is 0. The predicted molar refractivity (Wildman–Crippen MR) is 41.0 cm³/mol. The molecule has 9 heavy (non-hydrogen) atoms. The number of hydrogen-bond donors (Lipinski definition) is 0. The molecule has 1 radical (unpaired) electrons. The van der Waals surface area contributed by atoms with Gasteiger partial charge in [-0.15, -0.1) is 0 Å². The fourth-order valence-corrected chi connectivity index (χ4v) is 1.54. The molecule has 51 valence electrons. The summed E-state index contributed by atoms with van der Waals surface area (Å²) < 4.78 is 0. The molecule has 0 aromatic carbocycles. The highest BCUT2D eigenvalue weighted by atomic mass is 14.3. The minimum Gasteiger partial charge on any atom is -0.0793 e. The van der Waals surface area contributed by atoms with Crippen molar-refractivity contribution in [1.82, 2.24) is 0 Å². The monoisotopic (exact) mass is 123 g/mol. The lowest BCUT2D eigenvalue weighted by Crippen LogP contribution is -2.05. The third kappa shape index (κ3) is 1.35. The Balaban J connectivity index is 2.74. The summed E-state index contributed by atoms with van der Waals surface area (Å²) in [6.45, 7) is 8.95. The van der Waals surface area contributed by atoms with Gasteiger partial charge in [0, 0.05) is 0 Å². The molecule has 0 saturated carbocycles. The maximum atomic E-state index is 2.39. The predicted octanol–water partition coefficient (Wildman–Crippen LogP) is 2.81. The van der Waals surface area contributed by atoms with Crippen LogP contribution in [-0.4, -0.2) is 0 Å². The zero-order chi connectivity index (χ0) is 7.07. The number of allylic oxidation sites excluding steroid dienone is 2. The summed E-state index contributed by atoms with van der Waals surface area (Å²) in [7, 11) is 0. The second-order valence-electron chi connectivity index (χ2n) is 3.67. The van der Waals surface area contributed by atoms with Gasteiger partial charge in [0.05, 0.1) is 0 Å². The molecule has 0 aliphatic heterocycles. The minimum atomic E-state index is 0.351. The Labute approximate surface area is 58.0 Å². The maximum absolute atomic E-state index is 2.39. The van der Waals surface area contributed by atoms with Gasteiger partial charge in [-0.25, -0.2) is 0 Å². The molecule has 1 atom stereocenters. The SMILES string of the molecule is CC1=CC(C)(C)[CH]C1C. The molecule has 1 aliphatic rings. The van der Waals surface area contributed by atoms with Gasteiger partial charge in [0.1, 0.15) is 0 Å². The van der Waals surface area contributed by atoms with Gasteiger partial charge in [-0.05, 0) is 24.7 Å². The second kappa shape index (κ2) is 1.86. The standard InChI is InChI=1S/C9H15/c1-7-5-9(3,4)6-8(7)2/h5-7H,1-4H3. The van der Waals surface area contributed by atoms with E-state index in [1.165, 1.54) is 5.57 Å². The summed E-state index contributed by atoms with van der Waals surface area (Å²) in [5, 5.41) is 0. The number of rotatable bonds is 0. The first-order valence-corrected chi connectivity index (χ1v) is 3.57. The van der Waals surface area contributed by atoms with Crippen LogP contribution in [0.2, 0.25) is 0 Å². The number of hydrogen-bond acceptors (Lipinski definition) is 0. The van der Waals surface area contributed by atoms with Crippen molar-refractivity contribution in [2.24, 2.45) is 11.3 Å². The first kappa shape index (κ1) is 6.85. The molecule has 0 saturated heterocycles. The van der Waals surface area contributed by atoms with E-state index in [0.29, 0.717) is 11.3 Å². The lowest BCUT2D eigenvalue weighted by Gasteiger charge is -2.13. The first-order chi connectivity index (χ1) is 4.01. The second-order valence-corrected chi connectivity index (χ2v) is 3.67. The van der Waals surface area contributed by atoms with Gasteiger partial charge in [-0.1, -0.05) is 32.4 Å². The van der Waals surface area contributed by atoms with Gasteiger partial charge < -0.3 is 0 Å². The van der Waals surface area contributed by atoms with Crippen molar-refractivity contribution in [3.8, 4) is 0 Å². The molecule has 0 nitrogen and oxygen atoms in total. The van der Waals surface area contributed by atoms with Crippen molar-refractivity contribution < 1.29 is 0 Å². The molecule has 1 aliphatic carbocycles. The lowest BCUT2D eigenvalue weighted by atomic mass is 9.91. The lowest BCUT2D eigenvalue weighted by molar-refractivity contribution is 0.551. The van der Waals surface area contributed by atoms with E-state index in [0.717, 1.165) is 0 Å². The van der Waals surface area contributed by atoms with Crippen LogP contribution in [-0.2, 0) is 0 Å². The Kier molecular flexibility index (Phi) is 1.42. The average Bonchev–Trinajstić information content (AvgIpc) is 1.79. The zero-order valence-electron chi connectivity index (χ0n) is 6.73. The highest BCUT2D eigenvalue weighted by Gasteiger charge is 2.26. The van der Waals surface area contributed by atoms with E-state index in [2.05, 4.69) is 40.2 Å². The van der Waals surface area contributed by atoms with E-state index in [4.69, 9.17) is 0 Å². The molecule has 0 heteroatoms. The third-order valence-corrected chi connectivity index (χ3v) is 2.00. The van der Waals surface area contributed by atoms with Crippen molar-refractivity contribution in [3.05, 3.63) is 18.1 Å². The molecule has 0 N–H and O–H groups in total. The zero-order valence-corrected chi connectivity index (χ0v) is 6.73. The molecule has 0 amide bonds. The summed E-state index contributed by atoms with van der Waals surface area (Å²) in [5.41, 5.74) is 1.86. The average molecular weight is 123 g/mol. The van der Waals surface area contributed by atoms with E-state index in [9.17, 15) is 0 Å². The summed E-state index contributed by atoms with van der Waals surface area (Å²) in [6, 6.07) is 0. The Morgan fingerprint density at radius 1 is 1.44 bits per heavy atom. The normalized spacial score (nSPS) is 32.4. The van der Waals surface area contributed by atoms with E-state index in [1.54, 1.807) is 0 Å². The fraction of sp³-hybridized carbons (Fsp3) is 0.667. The van der Waals surface area contributed by atoms with Crippen molar-refractivity contribution >= 4 is 0 Å². The van der Waals surface area contributed by atoms with Crippen molar-refractivity contribution in [3.63, 3.8) is 0 Å². The molecule has 0 spiro atoms. The summed E-state index contributed by atoms with van der Waals surface area (Å²) in [6.07, 6.45) is 4.74. The van der Waals surface area contributed by atoms with Crippen LogP contribution in [0.4, 0.5) is 0 Å². The van der Waals surface area contributed by atoms with Crippen molar-refractivity contribution in [2.45, 2.75) is 27.7 Å². The van der Waals surface area contributed by atoms with E-state index in [-0.39, 0.29) is 0 Å². The van der Waals surface area contributed by atoms with Gasteiger partial charge in [0.25, 0.3) is 0 Å². The third-order valence-electron chi connectivity index (χ3n) is 2.00. The Bertz CT molecular complexity index is 140. The molecule has 1 unspecified atom stereocenters. The Hall–Kier alpha value is -0.260. The fourth-order valence-electron chi connectivity index (χ4n) is 1.54. The summed E-state index contributed by atoms with van der Waals surface area (Å²) in [5.74, 6) is 0.694. The molecular formula is C9H15.